The summed E-state index contributed by atoms with van der Waals surface area (Å²) in [6.45, 7) is 1.55. The van der Waals surface area contributed by atoms with Crippen LogP contribution in [0.4, 0.5) is 24.7 Å². The third-order valence-electron chi connectivity index (χ3n) is 3.86. The Labute approximate surface area is 185 Å². The van der Waals surface area contributed by atoms with Gasteiger partial charge in [0.1, 0.15) is 17.2 Å². The molecular weight excluding hydrogens is 458 g/mol. The zero-order valence-corrected chi connectivity index (χ0v) is 17.6. The van der Waals surface area contributed by atoms with Gasteiger partial charge >= 0.3 is 6.18 Å². The fraction of sp³-hybridized carbons (Fsp3) is 0.158. The summed E-state index contributed by atoms with van der Waals surface area (Å²) in [6.07, 6.45) is -3.39. The Bertz CT molecular complexity index is 1070. The number of aryl methyl sites for hydroxylation is 1. The zero-order chi connectivity index (χ0) is 23.3. The monoisotopic (exact) mass is 473 g/mol. The number of allylic oxidation sites excluding steroid dienone is 1. The maximum Gasteiger partial charge on any atom is 0.432 e. The number of pyridine rings is 1. The molecular formula is C19H16Cl2F3N5O2. The Morgan fingerprint density at radius 3 is 2.45 bits per heavy atom. The van der Waals surface area contributed by atoms with E-state index in [4.69, 9.17) is 28.6 Å². The number of halogens is 5. The van der Waals surface area contributed by atoms with Crippen molar-refractivity contribution in [3.8, 4) is 0 Å². The van der Waals surface area contributed by atoms with Crippen LogP contribution in [0.3, 0.4) is 0 Å². The Hall–Kier alpha value is -3.11. The predicted molar refractivity (Wildman–Crippen MR) is 113 cm³/mol. The van der Waals surface area contributed by atoms with Gasteiger partial charge in [-0.25, -0.2) is 4.98 Å². The Morgan fingerprint density at radius 1 is 1.19 bits per heavy atom. The van der Waals surface area contributed by atoms with Crippen LogP contribution in [-0.2, 0) is 4.79 Å². The first-order valence-electron chi connectivity index (χ1n) is 8.52. The summed E-state index contributed by atoms with van der Waals surface area (Å²) in [4.78, 5) is 28.9. The van der Waals surface area contributed by atoms with Crippen LogP contribution >= 0.6 is 23.2 Å². The highest BCUT2D eigenvalue weighted by Crippen LogP contribution is 2.27. The maximum atomic E-state index is 12.9. The molecule has 2 amide bonds. The highest BCUT2D eigenvalue weighted by atomic mass is 35.5. The van der Waals surface area contributed by atoms with Crippen molar-refractivity contribution in [3.63, 3.8) is 0 Å². The number of hydrogen-bond donors (Lipinski definition) is 4. The molecule has 0 fully saturated rings. The number of alkyl halides is 3. The van der Waals surface area contributed by atoms with Gasteiger partial charge in [-0.3, -0.25) is 15.0 Å². The Balaban J connectivity index is 2.50. The second-order valence-corrected chi connectivity index (χ2v) is 6.95. The van der Waals surface area contributed by atoms with Crippen molar-refractivity contribution in [3.05, 3.63) is 63.4 Å². The molecule has 2 rings (SSSR count). The van der Waals surface area contributed by atoms with E-state index >= 15 is 0 Å². The van der Waals surface area contributed by atoms with Gasteiger partial charge in [0.25, 0.3) is 11.8 Å². The van der Waals surface area contributed by atoms with E-state index in [9.17, 15) is 22.8 Å². The molecule has 0 saturated carbocycles. The Morgan fingerprint density at radius 2 is 1.87 bits per heavy atom. The van der Waals surface area contributed by atoms with Crippen molar-refractivity contribution in [2.75, 3.05) is 17.7 Å². The lowest BCUT2D eigenvalue weighted by Gasteiger charge is -2.17. The molecule has 7 nitrogen and oxygen atoms in total. The molecule has 0 aliphatic carbocycles. The van der Waals surface area contributed by atoms with E-state index in [1.54, 1.807) is 6.92 Å². The summed E-state index contributed by atoms with van der Waals surface area (Å²) in [6, 6.07) is 5.66. The van der Waals surface area contributed by atoms with E-state index in [1.165, 1.54) is 37.5 Å². The van der Waals surface area contributed by atoms with Gasteiger partial charge in [0, 0.05) is 18.3 Å². The van der Waals surface area contributed by atoms with E-state index in [-0.39, 0.29) is 27.1 Å². The van der Waals surface area contributed by atoms with Gasteiger partial charge in [0.05, 0.1) is 16.3 Å². The minimum Gasteiger partial charge on any atom is -0.355 e. The minimum absolute atomic E-state index is 0.00182. The van der Waals surface area contributed by atoms with Gasteiger partial charge < -0.3 is 16.0 Å². The minimum atomic E-state index is -5.00. The molecule has 31 heavy (non-hydrogen) atoms. The summed E-state index contributed by atoms with van der Waals surface area (Å²) in [7, 11) is 1.37. The Kier molecular flexibility index (Phi) is 7.64. The normalized spacial score (nSPS) is 11.6. The molecule has 4 N–H and O–H groups in total. The van der Waals surface area contributed by atoms with Gasteiger partial charge in [0.15, 0.2) is 0 Å². The number of nitrogens with zero attached hydrogens (tertiary/aromatic N) is 1. The molecule has 1 aromatic carbocycles. The van der Waals surface area contributed by atoms with Crippen LogP contribution in [0.15, 0.2) is 42.2 Å². The summed E-state index contributed by atoms with van der Waals surface area (Å²) >= 11 is 11.9. The quantitative estimate of drug-likeness (QED) is 0.364. The summed E-state index contributed by atoms with van der Waals surface area (Å²) in [5.41, 5.74) is -2.02. The number of rotatable bonds is 6. The number of aromatic nitrogens is 1. The molecule has 2 aromatic rings. The van der Waals surface area contributed by atoms with Crippen LogP contribution in [0, 0.1) is 12.3 Å². The lowest BCUT2D eigenvalue weighted by Crippen LogP contribution is -2.27. The van der Waals surface area contributed by atoms with Crippen LogP contribution < -0.4 is 16.0 Å². The van der Waals surface area contributed by atoms with Crippen LogP contribution in [-0.4, -0.2) is 35.7 Å². The zero-order valence-electron chi connectivity index (χ0n) is 16.1. The van der Waals surface area contributed by atoms with Gasteiger partial charge in [-0.2, -0.15) is 13.2 Å². The maximum absolute atomic E-state index is 12.9. The third kappa shape index (κ3) is 6.19. The summed E-state index contributed by atoms with van der Waals surface area (Å²) in [5, 5.41) is 14.7. The van der Waals surface area contributed by atoms with Crippen LogP contribution in [0.5, 0.6) is 0 Å². The largest absolute Gasteiger partial charge is 0.432 e. The first-order chi connectivity index (χ1) is 14.4. The fourth-order valence-electron chi connectivity index (χ4n) is 2.39. The molecule has 0 saturated heterocycles. The number of carbonyl (C=O) groups is 2. The summed E-state index contributed by atoms with van der Waals surface area (Å²) in [5.74, 6) is -1.73. The van der Waals surface area contributed by atoms with Crippen LogP contribution in [0.1, 0.15) is 15.9 Å². The number of amides is 2. The SMILES string of the molecule is CNC(=O)c1cc(Cl)cc(C)c1NC(=O)/C(=C/C(=N)C(F)(F)F)Nc1ncccc1Cl. The van der Waals surface area contributed by atoms with Gasteiger partial charge in [-0.15, -0.1) is 0 Å². The highest BCUT2D eigenvalue weighted by Gasteiger charge is 2.34. The van der Waals surface area contributed by atoms with E-state index in [2.05, 4.69) is 20.9 Å². The van der Waals surface area contributed by atoms with E-state index in [0.717, 1.165) is 0 Å². The van der Waals surface area contributed by atoms with E-state index < -0.39 is 29.4 Å². The molecule has 0 aliphatic rings. The molecule has 0 aliphatic heterocycles. The molecule has 0 bridgehead atoms. The standard InChI is InChI=1S/C19H16Cl2F3N5O2/c1-9-6-10(20)7-11(17(30)26-2)15(9)29-18(31)13(8-14(25)19(22,23)24)28-16-12(21)4-3-5-27-16/h3-8,25H,1-2H3,(H,26,30)(H,27,28)(H,29,31)/b13-8-,25-14?. The van der Waals surface area contributed by atoms with Crippen molar-refractivity contribution in [2.45, 2.75) is 13.1 Å². The van der Waals surface area contributed by atoms with Gasteiger partial charge in [-0.05, 0) is 42.8 Å². The van der Waals surface area contributed by atoms with Crippen molar-refractivity contribution in [1.29, 1.82) is 5.41 Å². The van der Waals surface area contributed by atoms with Crippen molar-refractivity contribution >= 4 is 52.2 Å². The molecule has 0 spiro atoms. The number of nitrogens with one attached hydrogen (secondary N) is 4. The number of anilines is 2. The molecule has 12 heteroatoms. The molecule has 164 valence electrons. The number of hydrogen-bond acceptors (Lipinski definition) is 5. The highest BCUT2D eigenvalue weighted by molar-refractivity contribution is 6.33. The summed E-state index contributed by atoms with van der Waals surface area (Å²) < 4.78 is 38.7. The molecule has 0 radical (unpaired) electrons. The van der Waals surface area contributed by atoms with Crippen LogP contribution in [0.25, 0.3) is 0 Å². The topological polar surface area (TPSA) is 107 Å². The van der Waals surface area contributed by atoms with Crippen LogP contribution in [0.2, 0.25) is 10.0 Å². The third-order valence-corrected chi connectivity index (χ3v) is 4.38. The molecule has 1 heterocycles. The van der Waals surface area contributed by atoms with E-state index in [0.29, 0.717) is 11.6 Å². The average Bonchev–Trinajstić information content (AvgIpc) is 2.69. The van der Waals surface area contributed by atoms with Gasteiger partial charge in [0.2, 0.25) is 0 Å². The molecule has 0 atom stereocenters. The average molecular weight is 474 g/mol. The number of benzene rings is 1. The second-order valence-electron chi connectivity index (χ2n) is 6.11. The predicted octanol–water partition coefficient (Wildman–Crippen LogP) is 4.57. The molecule has 1 aromatic heterocycles. The lowest BCUT2D eigenvalue weighted by atomic mass is 10.1. The smallest absolute Gasteiger partial charge is 0.355 e. The molecule has 0 unspecified atom stereocenters. The van der Waals surface area contributed by atoms with E-state index in [1.807, 2.05) is 0 Å². The number of carbonyl (C=O) groups excluding carboxylic acids is 2. The van der Waals surface area contributed by atoms with Crippen molar-refractivity contribution in [1.82, 2.24) is 10.3 Å². The lowest BCUT2D eigenvalue weighted by molar-refractivity contribution is -0.112. The van der Waals surface area contributed by atoms with Crippen molar-refractivity contribution < 1.29 is 22.8 Å². The second kappa shape index (κ2) is 9.80. The fourth-order valence-corrected chi connectivity index (χ4v) is 2.84. The van der Waals surface area contributed by atoms with Crippen molar-refractivity contribution in [2.24, 2.45) is 0 Å². The van der Waals surface area contributed by atoms with Gasteiger partial charge in [-0.1, -0.05) is 23.2 Å². The first kappa shape index (κ1) is 24.2. The first-order valence-corrected chi connectivity index (χ1v) is 9.28.